The highest BCUT2D eigenvalue weighted by molar-refractivity contribution is 5.85. The van der Waals surface area contributed by atoms with Gasteiger partial charge in [0.1, 0.15) is 12.4 Å². The van der Waals surface area contributed by atoms with Crippen LogP contribution in [0.25, 0.3) is 10.8 Å². The topological polar surface area (TPSA) is 35.0 Å². The lowest BCUT2D eigenvalue weighted by Gasteiger charge is -2.07. The second kappa shape index (κ2) is 5.02. The number of hydrogen-bond acceptors (Lipinski definition) is 3. The highest BCUT2D eigenvalue weighted by atomic mass is 19.1. The average molecular weight is 254 g/mol. The molecule has 0 aliphatic heterocycles. The zero-order chi connectivity index (χ0) is 13.1. The highest BCUT2D eigenvalue weighted by Crippen LogP contribution is 2.22. The number of benzene rings is 2. The molecule has 0 atom stereocenters. The van der Waals surface area contributed by atoms with Crippen molar-refractivity contribution >= 4 is 10.8 Å². The first-order valence-electron chi connectivity index (χ1n) is 5.90. The fraction of sp³-hybridized carbons (Fsp3) is 0.0667. The Hall–Kier alpha value is -2.49. The lowest BCUT2D eigenvalue weighted by atomic mass is 10.2. The fourth-order valence-electron chi connectivity index (χ4n) is 1.84. The first-order valence-corrected chi connectivity index (χ1v) is 5.90. The Morgan fingerprint density at radius 3 is 2.63 bits per heavy atom. The van der Waals surface area contributed by atoms with Crippen LogP contribution in [0.3, 0.4) is 0 Å². The van der Waals surface area contributed by atoms with Crippen LogP contribution in [0, 0.1) is 5.82 Å². The van der Waals surface area contributed by atoms with E-state index in [9.17, 15) is 4.39 Å². The van der Waals surface area contributed by atoms with Crippen LogP contribution in [-0.2, 0) is 6.61 Å². The van der Waals surface area contributed by atoms with Gasteiger partial charge in [-0.25, -0.2) is 4.39 Å². The van der Waals surface area contributed by atoms with Crippen molar-refractivity contribution in [2.75, 3.05) is 0 Å². The Labute approximate surface area is 109 Å². The van der Waals surface area contributed by atoms with Crippen molar-refractivity contribution in [1.29, 1.82) is 0 Å². The third kappa shape index (κ3) is 2.52. The molecular weight excluding hydrogens is 243 g/mol. The number of hydrogen-bond donors (Lipinski definition) is 0. The number of rotatable bonds is 3. The third-order valence-corrected chi connectivity index (χ3v) is 2.83. The smallest absolute Gasteiger partial charge is 0.241 e. The van der Waals surface area contributed by atoms with Gasteiger partial charge in [-0.15, -0.1) is 5.10 Å². The summed E-state index contributed by atoms with van der Waals surface area (Å²) < 4.78 is 18.4. The molecule has 94 valence electrons. The van der Waals surface area contributed by atoms with E-state index in [4.69, 9.17) is 4.74 Å². The van der Waals surface area contributed by atoms with Gasteiger partial charge in [-0.05, 0) is 23.8 Å². The second-order valence-corrected chi connectivity index (χ2v) is 4.15. The van der Waals surface area contributed by atoms with Crippen molar-refractivity contribution in [3.63, 3.8) is 0 Å². The van der Waals surface area contributed by atoms with E-state index >= 15 is 0 Å². The first kappa shape index (κ1) is 11.6. The standard InChI is InChI=1S/C15H11FN2O/c16-13-7-5-11(6-8-13)10-19-15-14-4-2-1-3-12(14)9-17-18-15/h1-9H,10H2. The first-order chi connectivity index (χ1) is 9.33. The molecule has 0 saturated heterocycles. The summed E-state index contributed by atoms with van der Waals surface area (Å²) in [5.41, 5.74) is 0.885. The number of nitrogens with zero attached hydrogens (tertiary/aromatic N) is 2. The van der Waals surface area contributed by atoms with Crippen LogP contribution in [0.5, 0.6) is 5.88 Å². The molecule has 0 bridgehead atoms. The molecule has 0 aliphatic carbocycles. The van der Waals surface area contributed by atoms with Gasteiger partial charge >= 0.3 is 0 Å². The molecule has 0 unspecified atom stereocenters. The third-order valence-electron chi connectivity index (χ3n) is 2.83. The van der Waals surface area contributed by atoms with Crippen LogP contribution in [0.1, 0.15) is 5.56 Å². The van der Waals surface area contributed by atoms with Gasteiger partial charge < -0.3 is 4.74 Å². The van der Waals surface area contributed by atoms with E-state index in [-0.39, 0.29) is 5.82 Å². The minimum Gasteiger partial charge on any atom is -0.471 e. The molecule has 0 fully saturated rings. The van der Waals surface area contributed by atoms with Gasteiger partial charge in [0.15, 0.2) is 0 Å². The summed E-state index contributed by atoms with van der Waals surface area (Å²) in [4.78, 5) is 0. The quantitative estimate of drug-likeness (QED) is 0.719. The van der Waals surface area contributed by atoms with Crippen LogP contribution < -0.4 is 4.74 Å². The summed E-state index contributed by atoms with van der Waals surface area (Å²) in [6, 6.07) is 13.9. The molecule has 0 aliphatic rings. The Morgan fingerprint density at radius 2 is 1.79 bits per heavy atom. The Balaban J connectivity index is 1.84. The fourth-order valence-corrected chi connectivity index (χ4v) is 1.84. The van der Waals surface area contributed by atoms with Crippen LogP contribution in [0.4, 0.5) is 4.39 Å². The summed E-state index contributed by atoms with van der Waals surface area (Å²) in [5.74, 6) is 0.233. The zero-order valence-electron chi connectivity index (χ0n) is 10.1. The monoisotopic (exact) mass is 254 g/mol. The molecule has 3 aromatic rings. The molecule has 0 amide bonds. The van der Waals surface area contributed by atoms with Crippen LogP contribution in [0.2, 0.25) is 0 Å². The maximum atomic E-state index is 12.8. The maximum absolute atomic E-state index is 12.8. The average Bonchev–Trinajstić information content (AvgIpc) is 2.47. The SMILES string of the molecule is Fc1ccc(COc2nncc3ccccc23)cc1. The zero-order valence-corrected chi connectivity index (χ0v) is 10.1. The summed E-state index contributed by atoms with van der Waals surface area (Å²) in [5, 5.41) is 9.79. The van der Waals surface area contributed by atoms with Gasteiger partial charge in [0.05, 0.1) is 6.20 Å². The number of aromatic nitrogens is 2. The van der Waals surface area contributed by atoms with Gasteiger partial charge in [0, 0.05) is 10.8 Å². The molecule has 19 heavy (non-hydrogen) atoms. The van der Waals surface area contributed by atoms with Gasteiger partial charge in [-0.2, -0.15) is 5.10 Å². The molecule has 3 rings (SSSR count). The second-order valence-electron chi connectivity index (χ2n) is 4.15. The molecule has 0 spiro atoms. The van der Waals surface area contributed by atoms with E-state index in [1.807, 2.05) is 24.3 Å². The summed E-state index contributed by atoms with van der Waals surface area (Å²) in [6.07, 6.45) is 1.69. The number of halogens is 1. The maximum Gasteiger partial charge on any atom is 0.241 e. The van der Waals surface area contributed by atoms with E-state index in [0.29, 0.717) is 12.5 Å². The van der Waals surface area contributed by atoms with E-state index in [2.05, 4.69) is 10.2 Å². The van der Waals surface area contributed by atoms with Crippen molar-refractivity contribution in [3.05, 3.63) is 66.1 Å². The van der Waals surface area contributed by atoms with E-state index in [1.54, 1.807) is 18.3 Å². The Morgan fingerprint density at radius 1 is 1.00 bits per heavy atom. The van der Waals surface area contributed by atoms with Gasteiger partial charge in [-0.3, -0.25) is 0 Å². The van der Waals surface area contributed by atoms with Crippen molar-refractivity contribution in [3.8, 4) is 5.88 Å². The highest BCUT2D eigenvalue weighted by Gasteiger charge is 2.04. The number of ether oxygens (including phenoxy) is 1. The largest absolute Gasteiger partial charge is 0.471 e. The summed E-state index contributed by atoms with van der Waals surface area (Å²) >= 11 is 0. The lowest BCUT2D eigenvalue weighted by Crippen LogP contribution is -1.99. The van der Waals surface area contributed by atoms with E-state index < -0.39 is 0 Å². The molecule has 3 nitrogen and oxygen atoms in total. The molecule has 0 radical (unpaired) electrons. The predicted octanol–water partition coefficient (Wildman–Crippen LogP) is 3.35. The van der Waals surface area contributed by atoms with E-state index in [1.165, 1.54) is 12.1 Å². The molecular formula is C15H11FN2O. The normalized spacial score (nSPS) is 10.6. The minimum atomic E-state index is -0.256. The van der Waals surface area contributed by atoms with Gasteiger partial charge in [-0.1, -0.05) is 30.3 Å². The van der Waals surface area contributed by atoms with Crippen LogP contribution >= 0.6 is 0 Å². The van der Waals surface area contributed by atoms with Gasteiger partial charge in [0.25, 0.3) is 0 Å². The van der Waals surface area contributed by atoms with Crippen LogP contribution in [-0.4, -0.2) is 10.2 Å². The summed E-state index contributed by atoms with van der Waals surface area (Å²) in [6.45, 7) is 0.336. The van der Waals surface area contributed by atoms with Crippen molar-refractivity contribution in [2.45, 2.75) is 6.61 Å². The van der Waals surface area contributed by atoms with Crippen LogP contribution in [0.15, 0.2) is 54.7 Å². The molecule has 0 saturated carbocycles. The lowest BCUT2D eigenvalue weighted by molar-refractivity contribution is 0.294. The molecule has 2 aromatic carbocycles. The van der Waals surface area contributed by atoms with Crippen molar-refractivity contribution in [1.82, 2.24) is 10.2 Å². The summed E-state index contributed by atoms with van der Waals surface area (Å²) in [7, 11) is 0. The molecule has 1 heterocycles. The Kier molecular flexibility index (Phi) is 3.06. The van der Waals surface area contributed by atoms with Gasteiger partial charge in [0.2, 0.25) is 5.88 Å². The van der Waals surface area contributed by atoms with E-state index in [0.717, 1.165) is 16.3 Å². The van der Waals surface area contributed by atoms with Crippen molar-refractivity contribution in [2.24, 2.45) is 0 Å². The van der Waals surface area contributed by atoms with Crippen molar-refractivity contribution < 1.29 is 9.13 Å². The predicted molar refractivity (Wildman–Crippen MR) is 70.3 cm³/mol. The molecule has 1 aromatic heterocycles. The Bertz CT molecular complexity index is 693. The molecule has 4 heteroatoms. The minimum absolute atomic E-state index is 0.256. The number of fused-ring (bicyclic) bond motifs is 1. The molecule has 0 N–H and O–H groups in total.